The number of hydrogen-bond acceptors (Lipinski definition) is 2. The van der Waals surface area contributed by atoms with Crippen LogP contribution in [0.15, 0.2) is 59.6 Å². The molecule has 0 amide bonds. The highest BCUT2D eigenvalue weighted by Gasteiger charge is 2.05. The average Bonchev–Trinajstić information content (AvgIpc) is 2.39. The van der Waals surface area contributed by atoms with Crippen LogP contribution >= 0.6 is 15.9 Å². The minimum absolute atomic E-state index is 0.621. The van der Waals surface area contributed by atoms with Gasteiger partial charge in [0.2, 0.25) is 0 Å². The molecule has 2 N–H and O–H groups in total. The van der Waals surface area contributed by atoms with E-state index in [1.165, 1.54) is 0 Å². The van der Waals surface area contributed by atoms with Gasteiger partial charge in [-0.2, -0.15) is 0 Å². The molecule has 2 aromatic carbocycles. The van der Waals surface area contributed by atoms with E-state index in [9.17, 15) is 0 Å². The van der Waals surface area contributed by atoms with Crippen molar-refractivity contribution in [1.29, 1.82) is 0 Å². The van der Waals surface area contributed by atoms with Crippen LogP contribution in [0, 0.1) is 0 Å². The summed E-state index contributed by atoms with van der Waals surface area (Å²) >= 11 is 3.31. The quantitative estimate of drug-likeness (QED) is 0.684. The van der Waals surface area contributed by atoms with E-state index in [0.717, 1.165) is 11.3 Å². The maximum atomic E-state index is 5.83. The van der Waals surface area contributed by atoms with Crippen molar-refractivity contribution in [2.75, 3.05) is 5.73 Å². The minimum atomic E-state index is 0.621. The molecule has 0 fully saturated rings. The predicted octanol–water partition coefficient (Wildman–Crippen LogP) is 4.04. The molecule has 0 spiro atoms. The normalized spacial score (nSPS) is 11.2. The van der Waals surface area contributed by atoms with Crippen LogP contribution in [0.4, 0.5) is 5.69 Å². The molecule has 0 aliphatic rings. The van der Waals surface area contributed by atoms with Crippen LogP contribution < -0.4 is 10.5 Å². The summed E-state index contributed by atoms with van der Waals surface area (Å²) < 4.78 is 5.77. The van der Waals surface area contributed by atoms with Gasteiger partial charge >= 0.3 is 0 Å². The first-order valence-electron chi connectivity index (χ1n) is 5.19. The van der Waals surface area contributed by atoms with Crippen LogP contribution in [0.3, 0.4) is 0 Å². The molecule has 2 aromatic rings. The van der Waals surface area contributed by atoms with Gasteiger partial charge in [0.25, 0.3) is 0 Å². The van der Waals surface area contributed by atoms with E-state index in [-0.39, 0.29) is 0 Å². The summed E-state index contributed by atoms with van der Waals surface area (Å²) in [6.07, 6.45) is 0. The van der Waals surface area contributed by atoms with Crippen molar-refractivity contribution in [2.24, 2.45) is 0 Å². The van der Waals surface area contributed by atoms with Gasteiger partial charge in [0.05, 0.1) is 5.69 Å². The standard InChI is InChI=1S/C14H12BrNO/c15-10-14(11-6-2-1-3-7-11)17-13-9-5-4-8-12(13)16/h1-10H,16H2/b14-10-. The number of benzene rings is 2. The first kappa shape index (κ1) is 11.7. The van der Waals surface area contributed by atoms with E-state index in [4.69, 9.17) is 10.5 Å². The molecular weight excluding hydrogens is 278 g/mol. The zero-order valence-corrected chi connectivity index (χ0v) is 10.7. The molecule has 0 heterocycles. The summed E-state index contributed by atoms with van der Waals surface area (Å²) in [4.78, 5) is 1.74. The second-order valence-corrected chi connectivity index (χ2v) is 3.94. The third-order valence-corrected chi connectivity index (χ3v) is 2.71. The first-order chi connectivity index (χ1) is 8.31. The van der Waals surface area contributed by atoms with E-state index >= 15 is 0 Å². The summed E-state index contributed by atoms with van der Waals surface area (Å²) in [5.41, 5.74) is 7.45. The Bertz CT molecular complexity index is 523. The van der Waals surface area contributed by atoms with Crippen molar-refractivity contribution in [3.05, 3.63) is 65.1 Å². The van der Waals surface area contributed by atoms with Crippen molar-refractivity contribution in [3.8, 4) is 5.75 Å². The molecular formula is C14H12BrNO. The number of para-hydroxylation sites is 2. The number of hydrogen-bond donors (Lipinski definition) is 1. The Hall–Kier alpha value is -1.74. The van der Waals surface area contributed by atoms with E-state index in [1.807, 2.05) is 54.6 Å². The van der Waals surface area contributed by atoms with Crippen LogP contribution in [0.25, 0.3) is 5.76 Å². The van der Waals surface area contributed by atoms with E-state index in [2.05, 4.69) is 15.9 Å². The fourth-order valence-corrected chi connectivity index (χ4v) is 1.80. The molecule has 0 atom stereocenters. The number of nitrogen functional groups attached to an aromatic ring is 1. The van der Waals surface area contributed by atoms with Crippen molar-refractivity contribution in [1.82, 2.24) is 0 Å². The van der Waals surface area contributed by atoms with Gasteiger partial charge in [-0.1, -0.05) is 58.4 Å². The number of ether oxygens (including phenoxy) is 1. The SMILES string of the molecule is Nc1ccccc1O/C(=C\Br)c1ccccc1. The molecule has 17 heavy (non-hydrogen) atoms. The number of nitrogens with two attached hydrogens (primary N) is 1. The van der Waals surface area contributed by atoms with Crippen LogP contribution in [0.1, 0.15) is 5.56 Å². The fraction of sp³-hybridized carbons (Fsp3) is 0. The van der Waals surface area contributed by atoms with Gasteiger partial charge in [0.15, 0.2) is 0 Å². The first-order valence-corrected chi connectivity index (χ1v) is 6.11. The predicted molar refractivity (Wildman–Crippen MR) is 74.8 cm³/mol. The van der Waals surface area contributed by atoms with Crippen molar-refractivity contribution in [3.63, 3.8) is 0 Å². The minimum Gasteiger partial charge on any atom is -0.454 e. The molecule has 0 aliphatic carbocycles. The van der Waals surface area contributed by atoms with Crippen molar-refractivity contribution < 1.29 is 4.74 Å². The monoisotopic (exact) mass is 289 g/mol. The van der Waals surface area contributed by atoms with Crippen LogP contribution in [-0.4, -0.2) is 0 Å². The second kappa shape index (κ2) is 5.55. The highest BCUT2D eigenvalue weighted by Crippen LogP contribution is 2.26. The van der Waals surface area contributed by atoms with Crippen molar-refractivity contribution in [2.45, 2.75) is 0 Å². The van der Waals surface area contributed by atoms with Crippen molar-refractivity contribution >= 4 is 27.4 Å². The highest BCUT2D eigenvalue weighted by molar-refractivity contribution is 9.11. The Morgan fingerprint density at radius 2 is 1.65 bits per heavy atom. The Balaban J connectivity index is 2.26. The van der Waals surface area contributed by atoms with Gasteiger partial charge in [0, 0.05) is 10.5 Å². The summed E-state index contributed by atoms with van der Waals surface area (Å²) in [5, 5.41) is 0. The topological polar surface area (TPSA) is 35.2 Å². The number of rotatable bonds is 3. The Morgan fingerprint density at radius 1 is 1.00 bits per heavy atom. The maximum Gasteiger partial charge on any atom is 0.150 e. The van der Waals surface area contributed by atoms with E-state index in [1.54, 1.807) is 4.99 Å². The van der Waals surface area contributed by atoms with E-state index in [0.29, 0.717) is 11.4 Å². The Kier molecular flexibility index (Phi) is 3.83. The van der Waals surface area contributed by atoms with Crippen LogP contribution in [-0.2, 0) is 0 Å². The molecule has 0 bridgehead atoms. The lowest BCUT2D eigenvalue weighted by Crippen LogP contribution is -1.97. The fourth-order valence-electron chi connectivity index (χ4n) is 1.44. The smallest absolute Gasteiger partial charge is 0.150 e. The summed E-state index contributed by atoms with van der Waals surface area (Å²) in [5.74, 6) is 1.38. The molecule has 3 heteroatoms. The lowest BCUT2D eigenvalue weighted by molar-refractivity contribution is 0.519. The van der Waals surface area contributed by atoms with Gasteiger partial charge in [-0.15, -0.1) is 0 Å². The summed E-state index contributed by atoms with van der Waals surface area (Å²) in [6.45, 7) is 0. The molecule has 0 saturated heterocycles. The molecule has 0 saturated carbocycles. The molecule has 86 valence electrons. The van der Waals surface area contributed by atoms with Gasteiger partial charge < -0.3 is 10.5 Å². The molecule has 0 aliphatic heterocycles. The zero-order valence-electron chi connectivity index (χ0n) is 9.14. The Labute approximate surface area is 109 Å². The molecule has 0 aromatic heterocycles. The lowest BCUT2D eigenvalue weighted by atomic mass is 10.2. The Morgan fingerprint density at radius 3 is 2.29 bits per heavy atom. The zero-order chi connectivity index (χ0) is 12.1. The third-order valence-electron chi connectivity index (χ3n) is 2.30. The van der Waals surface area contributed by atoms with E-state index < -0.39 is 0 Å². The molecule has 0 unspecified atom stereocenters. The number of halogens is 1. The molecule has 2 nitrogen and oxygen atoms in total. The summed E-state index contributed by atoms with van der Waals surface area (Å²) in [6, 6.07) is 17.3. The summed E-state index contributed by atoms with van der Waals surface area (Å²) in [7, 11) is 0. The van der Waals surface area contributed by atoms with Crippen LogP contribution in [0.2, 0.25) is 0 Å². The molecule has 0 radical (unpaired) electrons. The highest BCUT2D eigenvalue weighted by atomic mass is 79.9. The average molecular weight is 290 g/mol. The van der Waals surface area contributed by atoms with Crippen LogP contribution in [0.5, 0.6) is 5.75 Å². The van der Waals surface area contributed by atoms with Gasteiger partial charge in [-0.25, -0.2) is 0 Å². The van der Waals surface area contributed by atoms with Gasteiger partial charge in [0.1, 0.15) is 11.5 Å². The maximum absolute atomic E-state index is 5.83. The lowest BCUT2D eigenvalue weighted by Gasteiger charge is -2.11. The largest absolute Gasteiger partial charge is 0.454 e. The van der Waals surface area contributed by atoms with Gasteiger partial charge in [-0.05, 0) is 12.1 Å². The second-order valence-electron chi connectivity index (χ2n) is 3.48. The third kappa shape index (κ3) is 2.88. The number of anilines is 1. The van der Waals surface area contributed by atoms with Gasteiger partial charge in [-0.3, -0.25) is 0 Å². The molecule has 2 rings (SSSR count).